The lowest BCUT2D eigenvalue weighted by atomic mass is 9.74. The number of carbonyl (C=O) groups is 1. The number of para-hydroxylation sites is 1. The van der Waals surface area contributed by atoms with E-state index in [2.05, 4.69) is 11.0 Å². The SMILES string of the molecule is COC(=O)C(C)(C)C1CCCN(c2c(Cl)cccc2C#N)C1. The molecular weight excluding hydrogens is 300 g/mol. The van der Waals surface area contributed by atoms with Crippen molar-refractivity contribution in [1.82, 2.24) is 0 Å². The van der Waals surface area contributed by atoms with Gasteiger partial charge in [-0.1, -0.05) is 17.7 Å². The van der Waals surface area contributed by atoms with Gasteiger partial charge in [0.2, 0.25) is 0 Å². The van der Waals surface area contributed by atoms with Gasteiger partial charge in [-0.2, -0.15) is 5.26 Å². The summed E-state index contributed by atoms with van der Waals surface area (Å²) in [5.41, 5.74) is 0.794. The molecule has 1 aliphatic rings. The van der Waals surface area contributed by atoms with Crippen LogP contribution < -0.4 is 4.90 Å². The largest absolute Gasteiger partial charge is 0.469 e. The molecule has 0 N–H and O–H groups in total. The first-order valence-electron chi connectivity index (χ1n) is 7.43. The van der Waals surface area contributed by atoms with Crippen LogP contribution in [-0.2, 0) is 9.53 Å². The summed E-state index contributed by atoms with van der Waals surface area (Å²) >= 11 is 6.31. The number of carbonyl (C=O) groups excluding carboxylic acids is 1. The number of esters is 1. The molecule has 4 nitrogen and oxygen atoms in total. The Balaban J connectivity index is 2.29. The molecule has 0 bridgehead atoms. The third kappa shape index (κ3) is 3.05. The van der Waals surface area contributed by atoms with Crippen LogP contribution in [-0.4, -0.2) is 26.2 Å². The monoisotopic (exact) mass is 320 g/mol. The second kappa shape index (κ2) is 6.58. The van der Waals surface area contributed by atoms with Crippen molar-refractivity contribution in [3.8, 4) is 6.07 Å². The van der Waals surface area contributed by atoms with Gasteiger partial charge >= 0.3 is 5.97 Å². The standard InChI is InChI=1S/C17H21ClN2O2/c1-17(2,16(21)22-3)13-7-5-9-20(11-13)15-12(10-19)6-4-8-14(15)18/h4,6,8,13H,5,7,9,11H2,1-3H3. The summed E-state index contributed by atoms with van der Waals surface area (Å²) in [5, 5.41) is 9.90. The molecule has 0 aromatic heterocycles. The fourth-order valence-electron chi connectivity index (χ4n) is 3.13. The lowest BCUT2D eigenvalue weighted by Gasteiger charge is -2.41. The molecule has 5 heteroatoms. The van der Waals surface area contributed by atoms with E-state index >= 15 is 0 Å². The third-order valence-electron chi connectivity index (χ3n) is 4.58. The summed E-state index contributed by atoms with van der Waals surface area (Å²) < 4.78 is 4.94. The number of ether oxygens (including phenoxy) is 1. The van der Waals surface area contributed by atoms with Crippen molar-refractivity contribution in [2.45, 2.75) is 26.7 Å². The minimum atomic E-state index is -0.554. The smallest absolute Gasteiger partial charge is 0.311 e. The number of nitriles is 1. The Bertz CT molecular complexity index is 607. The highest BCUT2D eigenvalue weighted by Crippen LogP contribution is 2.39. The van der Waals surface area contributed by atoms with E-state index in [9.17, 15) is 10.1 Å². The minimum Gasteiger partial charge on any atom is -0.469 e. The molecule has 0 aliphatic carbocycles. The first kappa shape index (κ1) is 16.6. The Kier molecular flexibility index (Phi) is 4.97. The van der Waals surface area contributed by atoms with E-state index in [1.807, 2.05) is 13.8 Å². The van der Waals surface area contributed by atoms with Gasteiger partial charge in [-0.05, 0) is 44.7 Å². The fraction of sp³-hybridized carbons (Fsp3) is 0.529. The highest BCUT2D eigenvalue weighted by Gasteiger charge is 2.40. The molecule has 1 saturated heterocycles. The van der Waals surface area contributed by atoms with E-state index in [1.54, 1.807) is 18.2 Å². The molecule has 1 heterocycles. The maximum Gasteiger partial charge on any atom is 0.311 e. The molecule has 1 aromatic rings. The molecule has 0 spiro atoms. The molecule has 0 amide bonds. The number of anilines is 1. The lowest BCUT2D eigenvalue weighted by Crippen LogP contribution is -2.45. The van der Waals surface area contributed by atoms with Gasteiger partial charge < -0.3 is 9.64 Å². The van der Waals surface area contributed by atoms with Gasteiger partial charge in [0.25, 0.3) is 0 Å². The zero-order valence-corrected chi connectivity index (χ0v) is 14.0. The second-order valence-electron chi connectivity index (χ2n) is 6.25. The number of nitrogens with zero attached hydrogens (tertiary/aromatic N) is 2. The normalized spacial score (nSPS) is 18.7. The Morgan fingerprint density at radius 2 is 2.23 bits per heavy atom. The molecule has 1 aromatic carbocycles. The number of benzene rings is 1. The zero-order valence-electron chi connectivity index (χ0n) is 13.2. The Labute approximate surface area is 136 Å². The van der Waals surface area contributed by atoms with Gasteiger partial charge in [0, 0.05) is 13.1 Å². The summed E-state index contributed by atoms with van der Waals surface area (Å²) in [6.07, 6.45) is 1.92. The molecule has 118 valence electrons. The van der Waals surface area contributed by atoms with Crippen LogP contribution in [0.3, 0.4) is 0 Å². The van der Waals surface area contributed by atoms with Crippen LogP contribution in [0.1, 0.15) is 32.3 Å². The molecule has 0 saturated carbocycles. The van der Waals surface area contributed by atoms with Crippen molar-refractivity contribution in [3.05, 3.63) is 28.8 Å². The van der Waals surface area contributed by atoms with Gasteiger partial charge in [0.05, 0.1) is 28.8 Å². The van der Waals surface area contributed by atoms with Crippen molar-refractivity contribution >= 4 is 23.3 Å². The summed E-state index contributed by atoms with van der Waals surface area (Å²) in [7, 11) is 1.42. The van der Waals surface area contributed by atoms with E-state index in [1.165, 1.54) is 7.11 Å². The van der Waals surface area contributed by atoms with Crippen molar-refractivity contribution in [2.24, 2.45) is 11.3 Å². The van der Waals surface area contributed by atoms with Crippen molar-refractivity contribution in [2.75, 3.05) is 25.1 Å². The van der Waals surface area contributed by atoms with Crippen molar-refractivity contribution in [1.29, 1.82) is 5.26 Å². The molecule has 0 radical (unpaired) electrons. The minimum absolute atomic E-state index is 0.163. The molecular formula is C17H21ClN2O2. The number of halogens is 1. The van der Waals surface area contributed by atoms with Crippen molar-refractivity contribution < 1.29 is 9.53 Å². The average molecular weight is 321 g/mol. The van der Waals surface area contributed by atoms with Gasteiger partial charge in [0.15, 0.2) is 0 Å². The van der Waals surface area contributed by atoms with Crippen LogP contribution >= 0.6 is 11.6 Å². The predicted molar refractivity (Wildman–Crippen MR) is 86.9 cm³/mol. The first-order valence-corrected chi connectivity index (χ1v) is 7.81. The zero-order chi connectivity index (χ0) is 16.3. The highest BCUT2D eigenvalue weighted by atomic mass is 35.5. The molecule has 1 unspecified atom stereocenters. The van der Waals surface area contributed by atoms with Gasteiger partial charge in [0.1, 0.15) is 6.07 Å². The summed E-state index contributed by atoms with van der Waals surface area (Å²) in [4.78, 5) is 14.2. The number of methoxy groups -OCH3 is 1. The third-order valence-corrected chi connectivity index (χ3v) is 4.88. The van der Waals surface area contributed by atoms with Crippen LogP contribution in [0.15, 0.2) is 18.2 Å². The Hall–Kier alpha value is -1.73. The van der Waals surface area contributed by atoms with E-state index in [0.29, 0.717) is 17.1 Å². The number of hydrogen-bond acceptors (Lipinski definition) is 4. The fourth-order valence-corrected chi connectivity index (χ4v) is 3.42. The van der Waals surface area contributed by atoms with Crippen LogP contribution in [0.4, 0.5) is 5.69 Å². The second-order valence-corrected chi connectivity index (χ2v) is 6.65. The maximum absolute atomic E-state index is 12.0. The Morgan fingerprint density at radius 3 is 2.86 bits per heavy atom. The molecule has 1 atom stereocenters. The van der Waals surface area contributed by atoms with Gasteiger partial charge in [-0.3, -0.25) is 4.79 Å². The van der Waals surface area contributed by atoms with Crippen LogP contribution in [0.2, 0.25) is 5.02 Å². The van der Waals surface area contributed by atoms with Crippen LogP contribution in [0, 0.1) is 22.7 Å². The number of piperidine rings is 1. The number of hydrogen-bond donors (Lipinski definition) is 0. The average Bonchev–Trinajstić information content (AvgIpc) is 2.53. The van der Waals surface area contributed by atoms with Crippen LogP contribution in [0.25, 0.3) is 0 Å². The molecule has 22 heavy (non-hydrogen) atoms. The Morgan fingerprint density at radius 1 is 1.50 bits per heavy atom. The first-order chi connectivity index (χ1) is 10.4. The van der Waals surface area contributed by atoms with Crippen molar-refractivity contribution in [3.63, 3.8) is 0 Å². The van der Waals surface area contributed by atoms with E-state index in [-0.39, 0.29) is 11.9 Å². The highest BCUT2D eigenvalue weighted by molar-refractivity contribution is 6.33. The molecule has 2 rings (SSSR count). The summed E-state index contributed by atoms with van der Waals surface area (Å²) in [6.45, 7) is 5.38. The van der Waals surface area contributed by atoms with Gasteiger partial charge in [-0.15, -0.1) is 0 Å². The topological polar surface area (TPSA) is 53.3 Å². The van der Waals surface area contributed by atoms with E-state index in [0.717, 1.165) is 25.1 Å². The molecule has 1 aliphatic heterocycles. The van der Waals surface area contributed by atoms with E-state index in [4.69, 9.17) is 16.3 Å². The number of rotatable bonds is 3. The predicted octanol–water partition coefficient (Wildman–Crippen LogP) is 3.63. The van der Waals surface area contributed by atoms with Gasteiger partial charge in [-0.25, -0.2) is 0 Å². The van der Waals surface area contributed by atoms with E-state index < -0.39 is 5.41 Å². The molecule has 1 fully saturated rings. The van der Waals surface area contributed by atoms with Crippen LogP contribution in [0.5, 0.6) is 0 Å². The maximum atomic E-state index is 12.0. The lowest BCUT2D eigenvalue weighted by molar-refractivity contribution is -0.154. The quantitative estimate of drug-likeness (QED) is 0.798. The summed E-state index contributed by atoms with van der Waals surface area (Å²) in [6, 6.07) is 7.56. The summed E-state index contributed by atoms with van der Waals surface area (Å²) in [5.74, 6) is -0.0319.